The standard InChI is InChI=1S/C37H58O4/c1-32(2)27-15-20-35(6)28(34(27,5)18-16-29(32)38)22-26(40-23-24-12-10-9-11-13-24)31-25(14-19-36(31,35)7)37(8)21-17-30(41-37)33(3,4)39/h9-13,25-31,38-39H,14-23H2,1-8H3/t25-,26+,27+,28+,29-,30+,31-,34-,35+,36+,37-/m0/s1. The van der Waals surface area contributed by atoms with Gasteiger partial charge in [0.2, 0.25) is 0 Å². The number of hydrogen-bond acceptors (Lipinski definition) is 4. The van der Waals surface area contributed by atoms with Gasteiger partial charge in [-0.3, -0.25) is 0 Å². The van der Waals surface area contributed by atoms with Gasteiger partial charge in [0, 0.05) is 0 Å². The van der Waals surface area contributed by atoms with E-state index in [1.165, 1.54) is 31.2 Å². The molecule has 0 radical (unpaired) electrons. The lowest BCUT2D eigenvalue weighted by Crippen LogP contribution is -2.66. The number of fused-ring (bicyclic) bond motifs is 5. The molecule has 1 aromatic carbocycles. The fraction of sp³-hybridized carbons (Fsp3) is 0.838. The zero-order valence-electron chi connectivity index (χ0n) is 27.2. The molecule has 5 aliphatic rings. The van der Waals surface area contributed by atoms with Crippen LogP contribution < -0.4 is 0 Å². The molecule has 0 aromatic heterocycles. The van der Waals surface area contributed by atoms with Crippen LogP contribution in [0, 0.1) is 45.3 Å². The maximum absolute atomic E-state index is 11.1. The molecule has 0 bridgehead atoms. The molecule has 230 valence electrons. The Kier molecular flexibility index (Phi) is 7.18. The van der Waals surface area contributed by atoms with Gasteiger partial charge in [-0.05, 0) is 129 Å². The molecule has 2 N–H and O–H groups in total. The summed E-state index contributed by atoms with van der Waals surface area (Å²) in [5, 5.41) is 22.0. The van der Waals surface area contributed by atoms with Crippen molar-refractivity contribution in [3.05, 3.63) is 35.9 Å². The first-order chi connectivity index (χ1) is 19.1. The third kappa shape index (κ3) is 4.43. The van der Waals surface area contributed by atoms with Crippen LogP contribution in [0.2, 0.25) is 0 Å². The zero-order valence-corrected chi connectivity index (χ0v) is 27.2. The van der Waals surface area contributed by atoms with Gasteiger partial charge < -0.3 is 19.7 Å². The molecule has 6 rings (SSSR count). The fourth-order valence-corrected chi connectivity index (χ4v) is 12.0. The zero-order chi connectivity index (χ0) is 29.6. The third-order valence-electron chi connectivity index (χ3n) is 14.5. The summed E-state index contributed by atoms with van der Waals surface area (Å²) in [6.45, 7) is 19.4. The Morgan fingerprint density at radius 2 is 1.54 bits per heavy atom. The normalized spacial score (nSPS) is 49.3. The Hall–Kier alpha value is -0.940. The minimum absolute atomic E-state index is 0.0536. The van der Waals surface area contributed by atoms with Crippen molar-refractivity contribution >= 4 is 0 Å². The average molecular weight is 567 g/mol. The van der Waals surface area contributed by atoms with E-state index in [0.717, 1.165) is 32.1 Å². The van der Waals surface area contributed by atoms with E-state index in [4.69, 9.17) is 9.47 Å². The van der Waals surface area contributed by atoms with Crippen LogP contribution in [0.1, 0.15) is 119 Å². The highest BCUT2D eigenvalue weighted by Crippen LogP contribution is 2.76. The van der Waals surface area contributed by atoms with Crippen molar-refractivity contribution in [2.75, 3.05) is 0 Å². The van der Waals surface area contributed by atoms with Gasteiger partial charge in [-0.1, -0.05) is 65.0 Å². The van der Waals surface area contributed by atoms with Crippen LogP contribution in [0.5, 0.6) is 0 Å². The van der Waals surface area contributed by atoms with Crippen molar-refractivity contribution in [3.63, 3.8) is 0 Å². The smallest absolute Gasteiger partial charge is 0.0865 e. The molecule has 1 saturated heterocycles. The van der Waals surface area contributed by atoms with Gasteiger partial charge in [-0.25, -0.2) is 0 Å². The molecule has 5 fully saturated rings. The van der Waals surface area contributed by atoms with Gasteiger partial charge in [0.05, 0.1) is 36.1 Å². The summed E-state index contributed by atoms with van der Waals surface area (Å²) in [6.07, 6.45) is 9.77. The highest BCUT2D eigenvalue weighted by Gasteiger charge is 2.72. The van der Waals surface area contributed by atoms with Crippen molar-refractivity contribution in [1.82, 2.24) is 0 Å². The molecule has 1 aliphatic heterocycles. The van der Waals surface area contributed by atoms with E-state index in [0.29, 0.717) is 30.3 Å². The van der Waals surface area contributed by atoms with E-state index >= 15 is 0 Å². The fourth-order valence-electron chi connectivity index (χ4n) is 12.0. The molecule has 11 atom stereocenters. The second kappa shape index (κ2) is 9.78. The van der Waals surface area contributed by atoms with Crippen molar-refractivity contribution in [1.29, 1.82) is 0 Å². The van der Waals surface area contributed by atoms with Crippen LogP contribution in [-0.4, -0.2) is 39.7 Å². The maximum atomic E-state index is 11.1. The summed E-state index contributed by atoms with van der Waals surface area (Å²) in [7, 11) is 0. The van der Waals surface area contributed by atoms with Gasteiger partial charge in [0.25, 0.3) is 0 Å². The molecule has 4 nitrogen and oxygen atoms in total. The molecule has 1 heterocycles. The molecule has 4 heteroatoms. The summed E-state index contributed by atoms with van der Waals surface area (Å²) in [6, 6.07) is 10.7. The van der Waals surface area contributed by atoms with Gasteiger partial charge in [0.15, 0.2) is 0 Å². The Morgan fingerprint density at radius 3 is 2.20 bits per heavy atom. The molecule has 4 saturated carbocycles. The monoisotopic (exact) mass is 566 g/mol. The Labute approximate surface area is 250 Å². The first-order valence-electron chi connectivity index (χ1n) is 16.8. The highest BCUT2D eigenvalue weighted by atomic mass is 16.5. The van der Waals surface area contributed by atoms with Crippen LogP contribution >= 0.6 is 0 Å². The van der Waals surface area contributed by atoms with E-state index in [1.807, 2.05) is 13.8 Å². The van der Waals surface area contributed by atoms with Crippen LogP contribution in [0.25, 0.3) is 0 Å². The molecule has 0 amide bonds. The first kappa shape index (κ1) is 30.1. The average Bonchev–Trinajstić information content (AvgIpc) is 3.49. The second-order valence-electron chi connectivity index (χ2n) is 17.2. The summed E-state index contributed by atoms with van der Waals surface area (Å²) in [4.78, 5) is 0. The number of rotatable bonds is 5. The minimum atomic E-state index is -0.822. The van der Waals surface area contributed by atoms with Crippen LogP contribution in [0.15, 0.2) is 30.3 Å². The summed E-state index contributed by atoms with van der Waals surface area (Å²) in [5.41, 5.74) is 0.734. The molecule has 4 aliphatic carbocycles. The molecular weight excluding hydrogens is 508 g/mol. The van der Waals surface area contributed by atoms with Crippen molar-refractivity contribution < 1.29 is 19.7 Å². The van der Waals surface area contributed by atoms with Gasteiger partial charge in [-0.15, -0.1) is 0 Å². The first-order valence-corrected chi connectivity index (χ1v) is 16.8. The lowest BCUT2D eigenvalue weighted by atomic mass is 9.35. The number of hydrogen-bond donors (Lipinski definition) is 2. The number of ether oxygens (including phenoxy) is 2. The van der Waals surface area contributed by atoms with E-state index in [1.54, 1.807) is 0 Å². The van der Waals surface area contributed by atoms with Gasteiger partial charge in [0.1, 0.15) is 0 Å². The number of benzene rings is 1. The van der Waals surface area contributed by atoms with Crippen LogP contribution in [0.4, 0.5) is 0 Å². The maximum Gasteiger partial charge on any atom is 0.0865 e. The minimum Gasteiger partial charge on any atom is -0.393 e. The summed E-state index contributed by atoms with van der Waals surface area (Å²) in [5.74, 6) is 1.96. The molecule has 1 aromatic rings. The predicted molar refractivity (Wildman–Crippen MR) is 164 cm³/mol. The molecule has 41 heavy (non-hydrogen) atoms. The predicted octanol–water partition coefficient (Wildman–Crippen LogP) is 7.94. The SMILES string of the molecule is CC(C)(O)[C@H]1CC[C@@](C)([C@H]2CC[C@]3(C)[C@@H]2[C@H](OCc2ccccc2)C[C@@H]2[C@@]4(C)CC[C@H](O)C(C)(C)[C@H]4CC[C@]23C)O1. The topological polar surface area (TPSA) is 58.9 Å². The quantitative estimate of drug-likeness (QED) is 0.380. The molecule has 0 unspecified atom stereocenters. The van der Waals surface area contributed by atoms with E-state index in [9.17, 15) is 10.2 Å². The Morgan fingerprint density at radius 1 is 0.854 bits per heavy atom. The van der Waals surface area contributed by atoms with Crippen molar-refractivity contribution in [2.45, 2.75) is 149 Å². The largest absolute Gasteiger partial charge is 0.393 e. The second-order valence-corrected chi connectivity index (χ2v) is 17.2. The van der Waals surface area contributed by atoms with Crippen molar-refractivity contribution in [2.24, 2.45) is 45.3 Å². The van der Waals surface area contributed by atoms with E-state index < -0.39 is 5.60 Å². The third-order valence-corrected chi connectivity index (χ3v) is 14.5. The number of aliphatic hydroxyl groups excluding tert-OH is 1. The Bertz CT molecular complexity index is 1110. The molecular formula is C37H58O4. The van der Waals surface area contributed by atoms with Gasteiger partial charge >= 0.3 is 0 Å². The van der Waals surface area contributed by atoms with Gasteiger partial charge in [-0.2, -0.15) is 0 Å². The summed E-state index contributed by atoms with van der Waals surface area (Å²) < 4.78 is 14.0. The summed E-state index contributed by atoms with van der Waals surface area (Å²) >= 11 is 0. The molecule has 0 spiro atoms. The number of aliphatic hydroxyl groups is 2. The lowest BCUT2D eigenvalue weighted by Gasteiger charge is -2.71. The van der Waals surface area contributed by atoms with Crippen LogP contribution in [-0.2, 0) is 16.1 Å². The van der Waals surface area contributed by atoms with Crippen molar-refractivity contribution in [3.8, 4) is 0 Å². The Balaban J connectivity index is 1.38. The lowest BCUT2D eigenvalue weighted by molar-refractivity contribution is -0.256. The van der Waals surface area contributed by atoms with Crippen LogP contribution in [0.3, 0.4) is 0 Å². The highest BCUT2D eigenvalue weighted by molar-refractivity contribution is 5.21. The van der Waals surface area contributed by atoms with E-state index in [2.05, 4.69) is 71.9 Å². The van der Waals surface area contributed by atoms with E-state index in [-0.39, 0.29) is 45.6 Å².